The highest BCUT2D eigenvalue weighted by Gasteiger charge is 2.21. The molecule has 1 heterocycles. The summed E-state index contributed by atoms with van der Waals surface area (Å²) in [5.41, 5.74) is 1.42. The fourth-order valence-corrected chi connectivity index (χ4v) is 3.97. The van der Waals surface area contributed by atoms with E-state index in [1.807, 2.05) is 25.6 Å². The Bertz CT molecular complexity index is 387. The molecule has 1 aromatic carbocycles. The Kier molecular flexibility index (Phi) is 8.31. The van der Waals surface area contributed by atoms with Crippen molar-refractivity contribution in [1.82, 2.24) is 4.90 Å². The van der Waals surface area contributed by atoms with Gasteiger partial charge in [-0.1, -0.05) is 30.3 Å². The van der Waals surface area contributed by atoms with Crippen molar-refractivity contribution in [1.29, 1.82) is 0 Å². The minimum Gasteiger partial charge on any atom is -0.352 e. The summed E-state index contributed by atoms with van der Waals surface area (Å²) in [4.78, 5) is 2.56. The van der Waals surface area contributed by atoms with Crippen LogP contribution in [0, 0.1) is 0 Å². The van der Waals surface area contributed by atoms with Gasteiger partial charge in [-0.2, -0.15) is 11.8 Å². The van der Waals surface area contributed by atoms with Crippen LogP contribution in [0.5, 0.6) is 0 Å². The van der Waals surface area contributed by atoms with Gasteiger partial charge in [0.2, 0.25) is 0 Å². The Hall–Kier alpha value is -0.550. The van der Waals surface area contributed by atoms with Gasteiger partial charge in [0.25, 0.3) is 0 Å². The molecule has 0 bridgehead atoms. The summed E-state index contributed by atoms with van der Waals surface area (Å²) in [5, 5.41) is 0.746. The molecule has 4 heteroatoms. The molecule has 0 saturated carbocycles. The molecule has 0 aliphatic carbocycles. The molecule has 0 radical (unpaired) electrons. The summed E-state index contributed by atoms with van der Waals surface area (Å²) < 4.78 is 11.2. The zero-order valence-corrected chi connectivity index (χ0v) is 14.7. The van der Waals surface area contributed by atoms with Crippen molar-refractivity contribution >= 4 is 11.8 Å². The third-order valence-corrected chi connectivity index (χ3v) is 5.36. The van der Waals surface area contributed by atoms with Crippen LogP contribution < -0.4 is 0 Å². The Labute approximate surface area is 139 Å². The van der Waals surface area contributed by atoms with Crippen molar-refractivity contribution < 1.29 is 9.47 Å². The molecule has 0 N–H and O–H groups in total. The van der Waals surface area contributed by atoms with E-state index in [1.165, 1.54) is 31.5 Å². The molecular formula is C18H29NO2S. The molecule has 0 atom stereocenters. The maximum absolute atomic E-state index is 5.62. The van der Waals surface area contributed by atoms with E-state index in [1.54, 1.807) is 0 Å². The van der Waals surface area contributed by atoms with E-state index in [2.05, 4.69) is 35.2 Å². The second-order valence-electron chi connectivity index (χ2n) is 5.63. The average Bonchev–Trinajstić information content (AvgIpc) is 2.55. The largest absolute Gasteiger partial charge is 0.352 e. The zero-order valence-electron chi connectivity index (χ0n) is 13.9. The predicted octanol–water partition coefficient (Wildman–Crippen LogP) is 3.78. The second-order valence-corrected chi connectivity index (χ2v) is 6.97. The number of hydrogen-bond donors (Lipinski definition) is 0. The van der Waals surface area contributed by atoms with Crippen molar-refractivity contribution in [2.75, 3.05) is 32.1 Å². The SMILES string of the molecule is CCOC(CSC1CCN(Cc2ccccc2)CC1)OCC. The number of likely N-dealkylation sites (tertiary alicyclic amines) is 1. The topological polar surface area (TPSA) is 21.7 Å². The third-order valence-electron chi connectivity index (χ3n) is 3.96. The van der Waals surface area contributed by atoms with E-state index in [0.717, 1.165) is 30.8 Å². The van der Waals surface area contributed by atoms with Crippen molar-refractivity contribution in [2.45, 2.75) is 44.8 Å². The molecule has 2 rings (SSSR count). The van der Waals surface area contributed by atoms with Crippen LogP contribution in [0.4, 0.5) is 0 Å². The minimum atomic E-state index is -0.0395. The molecule has 1 aromatic rings. The van der Waals surface area contributed by atoms with E-state index in [9.17, 15) is 0 Å². The van der Waals surface area contributed by atoms with Gasteiger partial charge >= 0.3 is 0 Å². The predicted molar refractivity (Wildman–Crippen MR) is 94.2 cm³/mol. The number of piperidine rings is 1. The summed E-state index contributed by atoms with van der Waals surface area (Å²) in [6, 6.07) is 10.8. The molecule has 0 spiro atoms. The van der Waals surface area contributed by atoms with Gasteiger partial charge in [0, 0.05) is 30.8 Å². The summed E-state index contributed by atoms with van der Waals surface area (Å²) in [6.45, 7) is 8.97. The number of rotatable bonds is 9. The van der Waals surface area contributed by atoms with Crippen LogP contribution >= 0.6 is 11.8 Å². The van der Waals surface area contributed by atoms with Crippen molar-refractivity contribution in [3.8, 4) is 0 Å². The Balaban J connectivity index is 1.66. The lowest BCUT2D eigenvalue weighted by atomic mass is 10.1. The first-order chi connectivity index (χ1) is 10.8. The molecule has 1 aliphatic heterocycles. The van der Waals surface area contributed by atoms with Gasteiger partial charge in [-0.15, -0.1) is 0 Å². The number of ether oxygens (including phenoxy) is 2. The first-order valence-electron chi connectivity index (χ1n) is 8.43. The van der Waals surface area contributed by atoms with Crippen molar-refractivity contribution in [3.05, 3.63) is 35.9 Å². The molecule has 1 aliphatic rings. The number of nitrogens with zero attached hydrogens (tertiary/aromatic N) is 1. The molecule has 3 nitrogen and oxygen atoms in total. The van der Waals surface area contributed by atoms with E-state index < -0.39 is 0 Å². The highest BCUT2D eigenvalue weighted by molar-refractivity contribution is 7.99. The van der Waals surface area contributed by atoms with Crippen molar-refractivity contribution in [2.24, 2.45) is 0 Å². The molecule has 0 amide bonds. The number of thioether (sulfide) groups is 1. The summed E-state index contributed by atoms with van der Waals surface area (Å²) in [6.07, 6.45) is 2.49. The third kappa shape index (κ3) is 6.29. The van der Waals surface area contributed by atoms with Gasteiger partial charge in [0.05, 0.1) is 0 Å². The maximum atomic E-state index is 5.62. The summed E-state index contributed by atoms with van der Waals surface area (Å²) >= 11 is 2.02. The number of benzene rings is 1. The second kappa shape index (κ2) is 10.3. The zero-order chi connectivity index (χ0) is 15.6. The molecule has 124 valence electrons. The van der Waals surface area contributed by atoms with Gasteiger partial charge in [0.15, 0.2) is 6.29 Å². The Morgan fingerprint density at radius 2 is 1.73 bits per heavy atom. The summed E-state index contributed by atoms with van der Waals surface area (Å²) in [5.74, 6) is 0.949. The van der Waals surface area contributed by atoms with Crippen LogP contribution in [0.2, 0.25) is 0 Å². The lowest BCUT2D eigenvalue weighted by Gasteiger charge is -2.32. The fourth-order valence-electron chi connectivity index (χ4n) is 2.81. The molecule has 0 aromatic heterocycles. The van der Waals surface area contributed by atoms with Gasteiger partial charge in [-0.05, 0) is 45.3 Å². The van der Waals surface area contributed by atoms with Crippen LogP contribution in [0.3, 0.4) is 0 Å². The normalized spacial score (nSPS) is 17.2. The fraction of sp³-hybridized carbons (Fsp3) is 0.667. The van der Waals surface area contributed by atoms with Crippen LogP contribution in [0.25, 0.3) is 0 Å². The quantitative estimate of drug-likeness (QED) is 0.645. The first kappa shape index (κ1) is 17.8. The standard InChI is InChI=1S/C18H29NO2S/c1-3-20-18(21-4-2)15-22-17-10-12-19(13-11-17)14-16-8-6-5-7-9-16/h5-9,17-18H,3-4,10-15H2,1-2H3. The van der Waals surface area contributed by atoms with Gasteiger partial charge < -0.3 is 9.47 Å². The minimum absolute atomic E-state index is 0.0395. The monoisotopic (exact) mass is 323 g/mol. The lowest BCUT2D eigenvalue weighted by Crippen LogP contribution is -2.35. The molecule has 22 heavy (non-hydrogen) atoms. The Morgan fingerprint density at radius 3 is 2.32 bits per heavy atom. The van der Waals surface area contributed by atoms with Crippen molar-refractivity contribution in [3.63, 3.8) is 0 Å². The summed E-state index contributed by atoms with van der Waals surface area (Å²) in [7, 11) is 0. The van der Waals surface area contributed by atoms with Gasteiger partial charge in [-0.25, -0.2) is 0 Å². The molecule has 0 unspecified atom stereocenters. The molecule has 1 saturated heterocycles. The highest BCUT2D eigenvalue weighted by Crippen LogP contribution is 2.25. The van der Waals surface area contributed by atoms with E-state index in [-0.39, 0.29) is 6.29 Å². The van der Waals surface area contributed by atoms with Crippen LogP contribution in [0.15, 0.2) is 30.3 Å². The maximum Gasteiger partial charge on any atom is 0.166 e. The smallest absolute Gasteiger partial charge is 0.166 e. The van der Waals surface area contributed by atoms with Crippen LogP contribution in [-0.4, -0.2) is 48.5 Å². The molecule has 1 fully saturated rings. The lowest BCUT2D eigenvalue weighted by molar-refractivity contribution is -0.120. The van der Waals surface area contributed by atoms with E-state index in [0.29, 0.717) is 0 Å². The van der Waals surface area contributed by atoms with Gasteiger partial charge in [-0.3, -0.25) is 4.90 Å². The highest BCUT2D eigenvalue weighted by atomic mass is 32.2. The Morgan fingerprint density at radius 1 is 1.09 bits per heavy atom. The number of hydrogen-bond acceptors (Lipinski definition) is 4. The molecular weight excluding hydrogens is 294 g/mol. The first-order valence-corrected chi connectivity index (χ1v) is 9.47. The van der Waals surface area contributed by atoms with E-state index in [4.69, 9.17) is 9.47 Å². The van der Waals surface area contributed by atoms with Crippen LogP contribution in [-0.2, 0) is 16.0 Å². The van der Waals surface area contributed by atoms with Crippen LogP contribution in [0.1, 0.15) is 32.3 Å². The van der Waals surface area contributed by atoms with E-state index >= 15 is 0 Å². The van der Waals surface area contributed by atoms with Gasteiger partial charge in [0.1, 0.15) is 0 Å². The average molecular weight is 324 g/mol.